The highest BCUT2D eigenvalue weighted by Crippen LogP contribution is 2.45. The largest absolute Gasteiger partial charge is 0.489 e. The predicted octanol–water partition coefficient (Wildman–Crippen LogP) is 2.07. The summed E-state index contributed by atoms with van der Waals surface area (Å²) >= 11 is 0. The van der Waals surface area contributed by atoms with Crippen LogP contribution in [0.15, 0.2) is 42.5 Å². The van der Waals surface area contributed by atoms with Crippen molar-refractivity contribution in [2.75, 3.05) is 13.7 Å². The molecule has 1 fully saturated rings. The van der Waals surface area contributed by atoms with Crippen LogP contribution in [0.1, 0.15) is 51.1 Å². The molecule has 2 amide bonds. The Morgan fingerprint density at radius 3 is 2.57 bits per heavy atom. The lowest BCUT2D eigenvalue weighted by Gasteiger charge is -2.15. The van der Waals surface area contributed by atoms with Crippen LogP contribution >= 0.6 is 0 Å². The van der Waals surface area contributed by atoms with E-state index < -0.39 is 0 Å². The van der Waals surface area contributed by atoms with Gasteiger partial charge in [-0.25, -0.2) is 0 Å². The normalized spacial score (nSPS) is 24.8. The average molecular weight is 380 g/mol. The van der Waals surface area contributed by atoms with Gasteiger partial charge in [-0.05, 0) is 31.0 Å². The second kappa shape index (κ2) is 7.28. The van der Waals surface area contributed by atoms with Crippen molar-refractivity contribution in [1.82, 2.24) is 10.6 Å². The molecule has 3 N–H and O–H groups in total. The molecule has 4 atom stereocenters. The monoisotopic (exact) mass is 380 g/mol. The maximum Gasteiger partial charge on any atom is 0.254 e. The van der Waals surface area contributed by atoms with Gasteiger partial charge in [-0.3, -0.25) is 9.59 Å². The molecule has 1 aliphatic carbocycles. The summed E-state index contributed by atoms with van der Waals surface area (Å²) in [7, 11) is 1.56. The highest BCUT2D eigenvalue weighted by molar-refractivity contribution is 6.02. The molecule has 6 heteroatoms. The first-order chi connectivity index (χ1) is 13.5. The second-order valence-corrected chi connectivity index (χ2v) is 7.49. The van der Waals surface area contributed by atoms with E-state index in [4.69, 9.17) is 4.74 Å². The molecule has 0 bridgehead atoms. The Hall–Kier alpha value is -2.86. The molecule has 6 nitrogen and oxygen atoms in total. The van der Waals surface area contributed by atoms with Gasteiger partial charge in [-0.15, -0.1) is 0 Å². The molecule has 0 spiro atoms. The molecule has 1 saturated carbocycles. The lowest BCUT2D eigenvalue weighted by molar-refractivity contribution is 0.0947. The van der Waals surface area contributed by atoms with Gasteiger partial charge in [0.1, 0.15) is 11.9 Å². The fourth-order valence-electron chi connectivity index (χ4n) is 3.94. The van der Waals surface area contributed by atoms with Crippen molar-refractivity contribution in [3.05, 3.63) is 64.7 Å². The molecular formula is C22H24N2O4. The molecule has 2 unspecified atom stereocenters. The van der Waals surface area contributed by atoms with Gasteiger partial charge in [-0.1, -0.05) is 30.3 Å². The Labute approximate surface area is 163 Å². The quantitative estimate of drug-likeness (QED) is 0.741. The van der Waals surface area contributed by atoms with Crippen LogP contribution in [0, 0.1) is 5.92 Å². The van der Waals surface area contributed by atoms with E-state index in [0.717, 1.165) is 17.5 Å². The Balaban J connectivity index is 1.75. The molecule has 0 radical (unpaired) electrons. The smallest absolute Gasteiger partial charge is 0.254 e. The number of benzene rings is 2. The van der Waals surface area contributed by atoms with E-state index in [-0.39, 0.29) is 42.4 Å². The average Bonchev–Trinajstić information content (AvgIpc) is 3.38. The van der Waals surface area contributed by atoms with Crippen molar-refractivity contribution in [3.63, 3.8) is 0 Å². The van der Waals surface area contributed by atoms with Crippen LogP contribution in [0.25, 0.3) is 0 Å². The van der Waals surface area contributed by atoms with Crippen molar-refractivity contribution in [3.8, 4) is 5.75 Å². The molecular weight excluding hydrogens is 356 g/mol. The number of amides is 2. The zero-order valence-corrected chi connectivity index (χ0v) is 15.9. The van der Waals surface area contributed by atoms with Gasteiger partial charge in [0, 0.05) is 42.7 Å². The van der Waals surface area contributed by atoms with Crippen molar-refractivity contribution in [2.24, 2.45) is 5.92 Å². The number of fused-ring (bicyclic) bond motifs is 1. The zero-order chi connectivity index (χ0) is 19.8. The number of ether oxygens (including phenoxy) is 1. The number of carbonyl (C=O) groups excluding carboxylic acids is 2. The number of carbonyl (C=O) groups is 2. The molecule has 0 aromatic heterocycles. The third kappa shape index (κ3) is 3.24. The Morgan fingerprint density at radius 2 is 1.93 bits per heavy atom. The van der Waals surface area contributed by atoms with Crippen LogP contribution in [-0.4, -0.2) is 42.7 Å². The zero-order valence-electron chi connectivity index (χ0n) is 15.9. The van der Waals surface area contributed by atoms with E-state index in [0.29, 0.717) is 16.9 Å². The summed E-state index contributed by atoms with van der Waals surface area (Å²) in [6.45, 7) is 2.04. The summed E-state index contributed by atoms with van der Waals surface area (Å²) in [6.07, 6.45) is 0.628. The van der Waals surface area contributed by atoms with Gasteiger partial charge in [-0.2, -0.15) is 0 Å². The molecule has 1 aliphatic heterocycles. The third-order valence-corrected chi connectivity index (χ3v) is 5.59. The molecule has 4 rings (SSSR count). The van der Waals surface area contributed by atoms with Crippen molar-refractivity contribution >= 4 is 11.8 Å². The number of aliphatic hydroxyl groups excluding tert-OH is 1. The Morgan fingerprint density at radius 1 is 1.18 bits per heavy atom. The maximum absolute atomic E-state index is 12.8. The first kappa shape index (κ1) is 18.5. The van der Waals surface area contributed by atoms with E-state index in [9.17, 15) is 14.7 Å². The maximum atomic E-state index is 12.8. The summed E-state index contributed by atoms with van der Waals surface area (Å²) in [5, 5.41) is 14.8. The van der Waals surface area contributed by atoms with E-state index in [2.05, 4.69) is 10.6 Å². The minimum atomic E-state index is -0.286. The lowest BCUT2D eigenvalue weighted by atomic mass is 9.87. The number of rotatable bonds is 5. The topological polar surface area (TPSA) is 87.7 Å². The van der Waals surface area contributed by atoms with Crippen molar-refractivity contribution < 1.29 is 19.4 Å². The van der Waals surface area contributed by atoms with Crippen LogP contribution in [0.3, 0.4) is 0 Å². The second-order valence-electron chi connectivity index (χ2n) is 7.49. The van der Waals surface area contributed by atoms with Crippen LogP contribution in [0.5, 0.6) is 5.75 Å². The molecule has 2 aliphatic rings. The fourth-order valence-corrected chi connectivity index (χ4v) is 3.94. The summed E-state index contributed by atoms with van der Waals surface area (Å²) in [6, 6.07) is 13.4. The third-order valence-electron chi connectivity index (χ3n) is 5.59. The minimum Gasteiger partial charge on any atom is -0.489 e. The number of nitrogens with one attached hydrogen (secondary N) is 2. The molecule has 0 saturated heterocycles. The SMILES string of the molecule is CNC(=O)c1cc(C(=O)N[C@@H]2CC2CO)cc2c1OC(C)[C@H]2c1ccccc1. The van der Waals surface area contributed by atoms with Crippen molar-refractivity contribution in [2.45, 2.75) is 31.4 Å². The van der Waals surface area contributed by atoms with E-state index in [1.807, 2.05) is 43.3 Å². The van der Waals surface area contributed by atoms with Gasteiger partial charge >= 0.3 is 0 Å². The summed E-state index contributed by atoms with van der Waals surface area (Å²) in [5.41, 5.74) is 2.72. The highest BCUT2D eigenvalue weighted by atomic mass is 16.5. The standard InChI is InChI=1S/C22H24N2O4/c1-12-19(13-6-4-3-5-7-13)16-8-14(21(26)24-18-10-15(18)11-25)9-17(20(16)28-12)22(27)23-2/h3-9,12,15,18-19,25H,10-11H2,1-2H3,(H,23,27)(H,24,26)/t12?,15?,18-,19+/m1/s1. The summed E-state index contributed by atoms with van der Waals surface area (Å²) in [4.78, 5) is 25.3. The highest BCUT2D eigenvalue weighted by Gasteiger charge is 2.39. The van der Waals surface area contributed by atoms with Crippen LogP contribution in [0.2, 0.25) is 0 Å². The molecule has 1 heterocycles. The van der Waals surface area contributed by atoms with Gasteiger partial charge < -0.3 is 20.5 Å². The Bertz CT molecular complexity index is 912. The van der Waals surface area contributed by atoms with E-state index in [1.165, 1.54) is 0 Å². The molecule has 2 aromatic carbocycles. The van der Waals surface area contributed by atoms with Gasteiger partial charge in [0.15, 0.2) is 0 Å². The van der Waals surface area contributed by atoms with Gasteiger partial charge in [0.25, 0.3) is 11.8 Å². The van der Waals surface area contributed by atoms with Crippen LogP contribution in [0.4, 0.5) is 0 Å². The number of hydrogen-bond acceptors (Lipinski definition) is 4. The molecule has 2 aromatic rings. The van der Waals surface area contributed by atoms with E-state index in [1.54, 1.807) is 13.1 Å². The van der Waals surface area contributed by atoms with Crippen molar-refractivity contribution in [1.29, 1.82) is 0 Å². The first-order valence-corrected chi connectivity index (χ1v) is 9.56. The summed E-state index contributed by atoms with van der Waals surface area (Å²) < 4.78 is 6.06. The van der Waals surface area contributed by atoms with Gasteiger partial charge in [0.2, 0.25) is 0 Å². The van der Waals surface area contributed by atoms with Crippen LogP contribution < -0.4 is 15.4 Å². The van der Waals surface area contributed by atoms with Crippen LogP contribution in [-0.2, 0) is 0 Å². The number of aliphatic hydroxyl groups is 1. The fraction of sp³-hybridized carbons (Fsp3) is 0.364. The Kier molecular flexibility index (Phi) is 4.81. The number of hydrogen-bond donors (Lipinski definition) is 3. The summed E-state index contributed by atoms with van der Waals surface area (Å²) in [5.74, 6) is 0.0827. The van der Waals surface area contributed by atoms with E-state index >= 15 is 0 Å². The molecule has 28 heavy (non-hydrogen) atoms. The first-order valence-electron chi connectivity index (χ1n) is 9.56. The minimum absolute atomic E-state index is 0.00528. The predicted molar refractivity (Wildman–Crippen MR) is 105 cm³/mol. The van der Waals surface area contributed by atoms with Gasteiger partial charge in [0.05, 0.1) is 5.56 Å². The molecule has 146 valence electrons. The lowest BCUT2D eigenvalue weighted by Crippen LogP contribution is -2.28.